The molecule has 11 heteroatoms. The molecule has 0 aliphatic carbocycles. The molecular formula is C19H25N9O2. The van der Waals surface area contributed by atoms with Crippen LogP contribution in [-0.2, 0) is 27.2 Å². The molecule has 0 bridgehead atoms. The van der Waals surface area contributed by atoms with Gasteiger partial charge in [0, 0.05) is 27.2 Å². The second kappa shape index (κ2) is 8.09. The van der Waals surface area contributed by atoms with Crippen LogP contribution >= 0.6 is 0 Å². The molecule has 158 valence electrons. The van der Waals surface area contributed by atoms with Crippen LogP contribution in [0, 0.1) is 0 Å². The van der Waals surface area contributed by atoms with E-state index in [-0.39, 0.29) is 11.2 Å². The topological polar surface area (TPSA) is 131 Å². The van der Waals surface area contributed by atoms with Crippen molar-refractivity contribution in [2.75, 3.05) is 5.73 Å². The first-order valence-electron chi connectivity index (χ1n) is 10.0. The molecule has 4 aromatic heterocycles. The molecule has 0 amide bonds. The summed E-state index contributed by atoms with van der Waals surface area (Å²) in [5.41, 5.74) is 7.47. The molecule has 0 aromatic carbocycles. The first-order chi connectivity index (χ1) is 14.5. The smallest absolute Gasteiger partial charge is 0.332 e. The van der Waals surface area contributed by atoms with Crippen LogP contribution in [0.25, 0.3) is 22.3 Å². The largest absolute Gasteiger partial charge is 0.382 e. The van der Waals surface area contributed by atoms with Crippen molar-refractivity contribution in [1.82, 2.24) is 38.2 Å². The highest BCUT2D eigenvalue weighted by molar-refractivity contribution is 5.81. The number of unbranched alkanes of at least 4 members (excludes halogenated alkanes) is 4. The molecule has 0 aliphatic rings. The Morgan fingerprint density at radius 1 is 0.867 bits per heavy atom. The van der Waals surface area contributed by atoms with Crippen LogP contribution in [-0.4, -0.2) is 38.2 Å². The Labute approximate surface area is 171 Å². The SMILES string of the molecule is Cn1cnc2c1c(=O)n(CCCCCCCn1cnc3c(N)ncnc31)c(=O)n2C. The molecule has 11 nitrogen and oxygen atoms in total. The maximum atomic E-state index is 12.7. The van der Waals surface area contributed by atoms with Crippen molar-refractivity contribution >= 4 is 28.1 Å². The predicted octanol–water partition coefficient (Wildman–Crippen LogP) is 0.806. The first-order valence-corrected chi connectivity index (χ1v) is 10.0. The number of fused-ring (bicyclic) bond motifs is 2. The normalized spacial score (nSPS) is 11.7. The minimum absolute atomic E-state index is 0.277. The first kappa shape index (κ1) is 19.8. The van der Waals surface area contributed by atoms with Gasteiger partial charge in [-0.25, -0.2) is 24.7 Å². The lowest BCUT2D eigenvalue weighted by molar-refractivity contribution is 0.515. The van der Waals surface area contributed by atoms with Gasteiger partial charge in [-0.2, -0.15) is 0 Å². The number of nitrogen functional groups attached to an aromatic ring is 1. The molecule has 4 heterocycles. The molecule has 0 spiro atoms. The fraction of sp³-hybridized carbons (Fsp3) is 0.474. The van der Waals surface area contributed by atoms with Crippen molar-refractivity contribution in [3.8, 4) is 0 Å². The predicted molar refractivity (Wildman–Crippen MR) is 113 cm³/mol. The Morgan fingerprint density at radius 3 is 2.40 bits per heavy atom. The molecule has 4 rings (SSSR count). The molecule has 4 aromatic rings. The van der Waals surface area contributed by atoms with Crippen molar-refractivity contribution in [3.05, 3.63) is 39.8 Å². The summed E-state index contributed by atoms with van der Waals surface area (Å²) in [7, 11) is 3.40. The Balaban J connectivity index is 1.29. The van der Waals surface area contributed by atoms with Crippen molar-refractivity contribution < 1.29 is 0 Å². The van der Waals surface area contributed by atoms with Gasteiger partial charge < -0.3 is 14.9 Å². The van der Waals surface area contributed by atoms with Crippen molar-refractivity contribution in [1.29, 1.82) is 0 Å². The van der Waals surface area contributed by atoms with Crippen LogP contribution in [0.2, 0.25) is 0 Å². The van der Waals surface area contributed by atoms with E-state index in [9.17, 15) is 9.59 Å². The van der Waals surface area contributed by atoms with Crippen LogP contribution in [0.15, 0.2) is 28.6 Å². The Morgan fingerprint density at radius 2 is 1.60 bits per heavy atom. The summed E-state index contributed by atoms with van der Waals surface area (Å²) in [5, 5.41) is 0. The zero-order chi connectivity index (χ0) is 21.3. The molecule has 0 saturated carbocycles. The minimum Gasteiger partial charge on any atom is -0.382 e. The lowest BCUT2D eigenvalue weighted by Gasteiger charge is -2.08. The summed E-state index contributed by atoms with van der Waals surface area (Å²) in [6.07, 6.45) is 9.50. The molecule has 0 radical (unpaired) electrons. The van der Waals surface area contributed by atoms with E-state index in [1.165, 1.54) is 15.5 Å². The van der Waals surface area contributed by atoms with Gasteiger partial charge in [0.15, 0.2) is 22.6 Å². The van der Waals surface area contributed by atoms with Crippen LogP contribution in [0.5, 0.6) is 0 Å². The van der Waals surface area contributed by atoms with Gasteiger partial charge in [-0.1, -0.05) is 19.3 Å². The van der Waals surface area contributed by atoms with Gasteiger partial charge in [0.25, 0.3) is 5.56 Å². The number of rotatable bonds is 8. The van der Waals surface area contributed by atoms with E-state index in [4.69, 9.17) is 5.73 Å². The molecule has 30 heavy (non-hydrogen) atoms. The minimum atomic E-state index is -0.320. The Bertz CT molecular complexity index is 1310. The summed E-state index contributed by atoms with van der Waals surface area (Å²) in [4.78, 5) is 41.8. The van der Waals surface area contributed by atoms with E-state index in [1.807, 2.05) is 4.57 Å². The molecule has 0 fully saturated rings. The van der Waals surface area contributed by atoms with E-state index >= 15 is 0 Å². The van der Waals surface area contributed by atoms with Gasteiger partial charge >= 0.3 is 5.69 Å². The fourth-order valence-corrected chi connectivity index (χ4v) is 3.74. The van der Waals surface area contributed by atoms with E-state index in [1.54, 1.807) is 31.3 Å². The zero-order valence-electron chi connectivity index (χ0n) is 17.2. The average molecular weight is 411 g/mol. The molecular weight excluding hydrogens is 386 g/mol. The summed E-state index contributed by atoms with van der Waals surface area (Å²) < 4.78 is 6.39. The fourth-order valence-electron chi connectivity index (χ4n) is 3.74. The van der Waals surface area contributed by atoms with Gasteiger partial charge in [0.05, 0.1) is 12.7 Å². The molecule has 0 atom stereocenters. The number of aromatic nitrogens is 8. The summed E-state index contributed by atoms with van der Waals surface area (Å²) >= 11 is 0. The number of nitrogens with two attached hydrogens (primary N) is 1. The quantitative estimate of drug-likeness (QED) is 0.424. The van der Waals surface area contributed by atoms with Crippen LogP contribution in [0.3, 0.4) is 0 Å². The number of nitrogens with zero attached hydrogens (tertiary/aromatic N) is 8. The third-order valence-corrected chi connectivity index (χ3v) is 5.41. The van der Waals surface area contributed by atoms with Gasteiger partial charge in [-0.15, -0.1) is 0 Å². The number of imidazole rings is 2. The van der Waals surface area contributed by atoms with E-state index in [0.717, 1.165) is 44.3 Å². The van der Waals surface area contributed by atoms with Crippen LogP contribution in [0.4, 0.5) is 5.82 Å². The van der Waals surface area contributed by atoms with Crippen molar-refractivity contribution in [3.63, 3.8) is 0 Å². The highest BCUT2D eigenvalue weighted by atomic mass is 16.2. The molecule has 0 saturated heterocycles. The van der Waals surface area contributed by atoms with E-state index in [0.29, 0.717) is 29.0 Å². The van der Waals surface area contributed by atoms with Gasteiger partial charge in [0.1, 0.15) is 11.8 Å². The maximum absolute atomic E-state index is 12.7. The lowest BCUT2D eigenvalue weighted by atomic mass is 10.1. The number of hydrogen-bond acceptors (Lipinski definition) is 7. The van der Waals surface area contributed by atoms with Gasteiger partial charge in [-0.05, 0) is 12.8 Å². The molecule has 2 N–H and O–H groups in total. The maximum Gasteiger partial charge on any atom is 0.332 e. The van der Waals surface area contributed by atoms with E-state index in [2.05, 4.69) is 19.9 Å². The highest BCUT2D eigenvalue weighted by Crippen LogP contribution is 2.15. The van der Waals surface area contributed by atoms with Crippen molar-refractivity contribution in [2.45, 2.75) is 45.2 Å². The zero-order valence-corrected chi connectivity index (χ0v) is 17.2. The lowest BCUT2D eigenvalue weighted by Crippen LogP contribution is -2.39. The number of anilines is 1. The Hall–Kier alpha value is -3.50. The van der Waals surface area contributed by atoms with Crippen molar-refractivity contribution in [2.24, 2.45) is 14.1 Å². The van der Waals surface area contributed by atoms with Crippen LogP contribution < -0.4 is 17.0 Å². The van der Waals surface area contributed by atoms with Gasteiger partial charge in [0.2, 0.25) is 0 Å². The van der Waals surface area contributed by atoms with Crippen LogP contribution in [0.1, 0.15) is 32.1 Å². The highest BCUT2D eigenvalue weighted by Gasteiger charge is 2.14. The monoisotopic (exact) mass is 411 g/mol. The number of hydrogen-bond donors (Lipinski definition) is 1. The average Bonchev–Trinajstić information content (AvgIpc) is 3.32. The third-order valence-electron chi connectivity index (χ3n) is 5.41. The van der Waals surface area contributed by atoms with E-state index < -0.39 is 0 Å². The summed E-state index contributed by atoms with van der Waals surface area (Å²) in [6, 6.07) is 0. The second-order valence-corrected chi connectivity index (χ2v) is 7.46. The third kappa shape index (κ3) is 3.46. The second-order valence-electron chi connectivity index (χ2n) is 7.46. The number of aryl methyl sites for hydroxylation is 3. The van der Waals surface area contributed by atoms with Gasteiger partial charge in [-0.3, -0.25) is 13.9 Å². The summed E-state index contributed by atoms with van der Waals surface area (Å²) in [6.45, 7) is 1.22. The molecule has 0 aliphatic heterocycles. The Kier molecular flexibility index (Phi) is 5.34. The summed E-state index contributed by atoms with van der Waals surface area (Å²) in [5.74, 6) is 0.393. The molecule has 0 unspecified atom stereocenters. The standard InChI is InChI=1S/C19H25N9O2/c1-25-11-24-17-14(25)18(29)28(19(30)26(17)2)9-7-5-3-4-6-8-27-12-23-13-15(20)21-10-22-16(13)27/h10-12H,3-9H2,1-2H3,(H2,20,21,22).